The fourth-order valence-corrected chi connectivity index (χ4v) is 2.91. The highest BCUT2D eigenvalue weighted by atomic mass is 15.3. The SMILES string of the molecule is CCCC1(CCC)Nc2ccc(C(C)C)cc2N1. The van der Waals surface area contributed by atoms with Gasteiger partial charge < -0.3 is 10.6 Å². The highest BCUT2D eigenvalue weighted by molar-refractivity contribution is 5.77. The van der Waals surface area contributed by atoms with Crippen LogP contribution in [0.25, 0.3) is 0 Å². The molecule has 0 spiro atoms. The Bertz CT molecular complexity index is 404. The molecule has 0 radical (unpaired) electrons. The summed E-state index contributed by atoms with van der Waals surface area (Å²) in [7, 11) is 0. The van der Waals surface area contributed by atoms with E-state index in [1.807, 2.05) is 0 Å². The molecule has 1 aliphatic heterocycles. The lowest BCUT2D eigenvalue weighted by molar-refractivity contribution is 0.452. The van der Waals surface area contributed by atoms with Crippen molar-refractivity contribution in [3.05, 3.63) is 23.8 Å². The molecule has 18 heavy (non-hydrogen) atoms. The van der Waals surface area contributed by atoms with Gasteiger partial charge in [-0.15, -0.1) is 0 Å². The first-order chi connectivity index (χ1) is 8.60. The van der Waals surface area contributed by atoms with Crippen LogP contribution < -0.4 is 10.6 Å². The molecule has 0 bridgehead atoms. The molecule has 1 aromatic carbocycles. The molecule has 2 nitrogen and oxygen atoms in total. The summed E-state index contributed by atoms with van der Waals surface area (Å²) in [6, 6.07) is 6.77. The lowest BCUT2D eigenvalue weighted by Crippen LogP contribution is -2.41. The zero-order valence-corrected chi connectivity index (χ0v) is 12.1. The van der Waals surface area contributed by atoms with Crippen LogP contribution in [0, 0.1) is 0 Å². The predicted octanol–water partition coefficient (Wildman–Crippen LogP) is 4.94. The van der Waals surface area contributed by atoms with E-state index >= 15 is 0 Å². The quantitative estimate of drug-likeness (QED) is 0.768. The minimum atomic E-state index is 0.0848. The molecule has 0 aromatic heterocycles. The maximum Gasteiger partial charge on any atom is 0.108 e. The summed E-state index contributed by atoms with van der Waals surface area (Å²) >= 11 is 0. The Morgan fingerprint density at radius 3 is 2.17 bits per heavy atom. The molecular formula is C16H26N2. The van der Waals surface area contributed by atoms with E-state index in [9.17, 15) is 0 Å². The smallest absolute Gasteiger partial charge is 0.108 e. The van der Waals surface area contributed by atoms with Crippen molar-refractivity contribution in [2.75, 3.05) is 10.6 Å². The van der Waals surface area contributed by atoms with Crippen LogP contribution >= 0.6 is 0 Å². The van der Waals surface area contributed by atoms with Gasteiger partial charge in [-0.3, -0.25) is 0 Å². The number of nitrogens with one attached hydrogen (secondary N) is 2. The zero-order valence-electron chi connectivity index (χ0n) is 12.1. The zero-order chi connectivity index (χ0) is 13.2. The fraction of sp³-hybridized carbons (Fsp3) is 0.625. The number of fused-ring (bicyclic) bond motifs is 1. The number of hydrogen-bond donors (Lipinski definition) is 2. The molecule has 0 unspecified atom stereocenters. The average Bonchev–Trinajstić information content (AvgIpc) is 2.66. The van der Waals surface area contributed by atoms with Crippen LogP contribution in [-0.4, -0.2) is 5.66 Å². The van der Waals surface area contributed by atoms with E-state index in [1.54, 1.807) is 0 Å². The van der Waals surface area contributed by atoms with E-state index in [-0.39, 0.29) is 5.66 Å². The largest absolute Gasteiger partial charge is 0.361 e. The lowest BCUT2D eigenvalue weighted by Gasteiger charge is -2.30. The number of rotatable bonds is 5. The predicted molar refractivity (Wildman–Crippen MR) is 80.3 cm³/mol. The fourth-order valence-electron chi connectivity index (χ4n) is 2.91. The Kier molecular flexibility index (Phi) is 3.84. The third-order valence-corrected chi connectivity index (χ3v) is 3.81. The van der Waals surface area contributed by atoms with Gasteiger partial charge in [-0.25, -0.2) is 0 Å². The summed E-state index contributed by atoms with van der Waals surface area (Å²) < 4.78 is 0. The molecule has 2 N–H and O–H groups in total. The van der Waals surface area contributed by atoms with Gasteiger partial charge in [-0.2, -0.15) is 0 Å². The summed E-state index contributed by atoms with van der Waals surface area (Å²) in [4.78, 5) is 0. The molecule has 0 atom stereocenters. The maximum absolute atomic E-state index is 3.73. The van der Waals surface area contributed by atoms with E-state index in [2.05, 4.69) is 56.5 Å². The second kappa shape index (κ2) is 5.21. The normalized spacial score (nSPS) is 16.3. The summed E-state index contributed by atoms with van der Waals surface area (Å²) in [5.41, 5.74) is 4.04. The Hall–Kier alpha value is -1.18. The van der Waals surface area contributed by atoms with Gasteiger partial charge in [0.2, 0.25) is 0 Å². The summed E-state index contributed by atoms with van der Waals surface area (Å²) in [6.07, 6.45) is 4.75. The second-order valence-electron chi connectivity index (χ2n) is 5.79. The van der Waals surface area contributed by atoms with Gasteiger partial charge in [0.1, 0.15) is 5.66 Å². The van der Waals surface area contributed by atoms with Crippen LogP contribution in [0.4, 0.5) is 11.4 Å². The number of hydrogen-bond acceptors (Lipinski definition) is 2. The summed E-state index contributed by atoms with van der Waals surface area (Å²) in [5.74, 6) is 0.587. The minimum Gasteiger partial charge on any atom is -0.361 e. The molecular weight excluding hydrogens is 220 g/mol. The van der Waals surface area contributed by atoms with Crippen LogP contribution in [0.5, 0.6) is 0 Å². The molecule has 2 heteroatoms. The summed E-state index contributed by atoms with van der Waals surface area (Å²) in [6.45, 7) is 9.00. The molecule has 0 fully saturated rings. The van der Waals surface area contributed by atoms with Crippen LogP contribution in [0.1, 0.15) is 64.9 Å². The molecule has 0 aliphatic carbocycles. The monoisotopic (exact) mass is 246 g/mol. The van der Waals surface area contributed by atoms with Crippen molar-refractivity contribution in [2.45, 2.75) is 65.0 Å². The van der Waals surface area contributed by atoms with Gasteiger partial charge >= 0.3 is 0 Å². The van der Waals surface area contributed by atoms with Crippen molar-refractivity contribution >= 4 is 11.4 Å². The molecule has 1 aromatic rings. The molecule has 0 saturated carbocycles. The Morgan fingerprint density at radius 1 is 1.00 bits per heavy atom. The van der Waals surface area contributed by atoms with Crippen LogP contribution in [-0.2, 0) is 0 Å². The Morgan fingerprint density at radius 2 is 1.61 bits per heavy atom. The number of anilines is 2. The molecule has 1 aliphatic rings. The lowest BCUT2D eigenvalue weighted by atomic mass is 9.99. The molecule has 100 valence electrons. The van der Waals surface area contributed by atoms with Crippen molar-refractivity contribution in [3.8, 4) is 0 Å². The topological polar surface area (TPSA) is 24.1 Å². The first-order valence-electron chi connectivity index (χ1n) is 7.30. The second-order valence-corrected chi connectivity index (χ2v) is 5.79. The third kappa shape index (κ3) is 2.47. The van der Waals surface area contributed by atoms with Gasteiger partial charge in [0.25, 0.3) is 0 Å². The van der Waals surface area contributed by atoms with Crippen molar-refractivity contribution in [2.24, 2.45) is 0 Å². The highest BCUT2D eigenvalue weighted by Crippen LogP contribution is 2.39. The third-order valence-electron chi connectivity index (χ3n) is 3.81. The van der Waals surface area contributed by atoms with E-state index in [1.165, 1.54) is 42.6 Å². The van der Waals surface area contributed by atoms with Crippen LogP contribution in [0.15, 0.2) is 18.2 Å². The van der Waals surface area contributed by atoms with Gasteiger partial charge in [-0.1, -0.05) is 46.6 Å². The Labute approximate surface area is 111 Å². The van der Waals surface area contributed by atoms with Gasteiger partial charge in [-0.05, 0) is 36.5 Å². The van der Waals surface area contributed by atoms with E-state index in [0.29, 0.717) is 5.92 Å². The highest BCUT2D eigenvalue weighted by Gasteiger charge is 2.34. The average molecular weight is 246 g/mol. The van der Waals surface area contributed by atoms with E-state index in [4.69, 9.17) is 0 Å². The maximum atomic E-state index is 3.73. The van der Waals surface area contributed by atoms with Gasteiger partial charge in [0.15, 0.2) is 0 Å². The first-order valence-corrected chi connectivity index (χ1v) is 7.30. The van der Waals surface area contributed by atoms with E-state index in [0.717, 1.165) is 0 Å². The standard InChI is InChI=1S/C16H26N2/c1-5-9-16(10-6-2)17-14-8-7-13(12(3)4)11-15(14)18-16/h7-8,11-12,17-18H,5-6,9-10H2,1-4H3. The van der Waals surface area contributed by atoms with Crippen LogP contribution in [0.3, 0.4) is 0 Å². The van der Waals surface area contributed by atoms with Crippen molar-refractivity contribution in [1.82, 2.24) is 0 Å². The molecule has 2 rings (SSSR count). The van der Waals surface area contributed by atoms with Crippen molar-refractivity contribution < 1.29 is 0 Å². The summed E-state index contributed by atoms with van der Waals surface area (Å²) in [5, 5.41) is 7.44. The Balaban J connectivity index is 2.24. The van der Waals surface area contributed by atoms with Gasteiger partial charge in [0, 0.05) is 0 Å². The van der Waals surface area contributed by atoms with Crippen LogP contribution in [0.2, 0.25) is 0 Å². The first kappa shape index (κ1) is 13.3. The van der Waals surface area contributed by atoms with Crippen molar-refractivity contribution in [1.29, 1.82) is 0 Å². The molecule has 1 heterocycles. The minimum absolute atomic E-state index is 0.0848. The number of benzene rings is 1. The van der Waals surface area contributed by atoms with E-state index < -0.39 is 0 Å². The van der Waals surface area contributed by atoms with Crippen molar-refractivity contribution in [3.63, 3.8) is 0 Å². The molecule has 0 saturated heterocycles. The molecule has 0 amide bonds. The van der Waals surface area contributed by atoms with Gasteiger partial charge in [0.05, 0.1) is 11.4 Å².